The Hall–Kier alpha value is -3.40. The molecule has 0 bridgehead atoms. The van der Waals surface area contributed by atoms with Gasteiger partial charge in [-0.2, -0.15) is 4.68 Å². The van der Waals surface area contributed by atoms with E-state index in [-0.39, 0.29) is 11.7 Å². The summed E-state index contributed by atoms with van der Waals surface area (Å²) in [7, 11) is 0. The van der Waals surface area contributed by atoms with E-state index in [1.54, 1.807) is 24.3 Å². The molecule has 0 fully saturated rings. The highest BCUT2D eigenvalue weighted by Crippen LogP contribution is 2.17. The molecule has 0 atom stereocenters. The van der Waals surface area contributed by atoms with Crippen molar-refractivity contribution in [1.82, 2.24) is 31.1 Å². The lowest BCUT2D eigenvalue weighted by Crippen LogP contribution is -2.44. The van der Waals surface area contributed by atoms with Crippen LogP contribution in [0.15, 0.2) is 65.8 Å². The van der Waals surface area contributed by atoms with Crippen LogP contribution in [0, 0.1) is 0 Å². The summed E-state index contributed by atoms with van der Waals surface area (Å²) in [6.07, 6.45) is 0. The van der Waals surface area contributed by atoms with Crippen molar-refractivity contribution in [2.24, 2.45) is 0 Å². The summed E-state index contributed by atoms with van der Waals surface area (Å²) in [6, 6.07) is 17.7. The Balaban J connectivity index is 1.46. The molecule has 3 rings (SSSR count). The molecule has 3 amide bonds. The van der Waals surface area contributed by atoms with Gasteiger partial charge in [0.25, 0.3) is 0 Å². The van der Waals surface area contributed by atoms with E-state index in [0.717, 1.165) is 17.4 Å². The van der Waals surface area contributed by atoms with Crippen molar-refractivity contribution in [3.63, 3.8) is 0 Å². The summed E-state index contributed by atoms with van der Waals surface area (Å²) in [5.41, 5.74) is 6.02. The molecule has 1 aromatic heterocycles. The Kier molecular flexibility index (Phi) is 5.78. The molecule has 132 valence electrons. The molecule has 9 nitrogen and oxygen atoms in total. The lowest BCUT2D eigenvalue weighted by Gasteiger charge is -2.08. The van der Waals surface area contributed by atoms with Crippen LogP contribution in [0.5, 0.6) is 0 Å². The summed E-state index contributed by atoms with van der Waals surface area (Å²) in [5.74, 6) is -0.348. The zero-order chi connectivity index (χ0) is 18.2. The van der Waals surface area contributed by atoms with Crippen molar-refractivity contribution in [3.05, 3.63) is 60.7 Å². The number of nitrogens with one attached hydrogen (secondary N) is 3. The monoisotopic (exact) mass is 369 g/mol. The minimum absolute atomic E-state index is 0.0405. The second-order valence-corrected chi connectivity index (χ2v) is 5.93. The largest absolute Gasteiger partial charge is 0.337 e. The first-order valence-corrected chi connectivity index (χ1v) is 8.58. The highest BCUT2D eigenvalue weighted by atomic mass is 32.2. The van der Waals surface area contributed by atoms with E-state index in [4.69, 9.17) is 0 Å². The summed E-state index contributed by atoms with van der Waals surface area (Å²) < 4.78 is 1.54. The van der Waals surface area contributed by atoms with Crippen molar-refractivity contribution >= 4 is 29.4 Å². The lowest BCUT2D eigenvalue weighted by atomic mass is 10.3. The number of amides is 3. The third-order valence-electron chi connectivity index (χ3n) is 3.12. The van der Waals surface area contributed by atoms with Crippen molar-refractivity contribution in [1.29, 1.82) is 0 Å². The zero-order valence-corrected chi connectivity index (χ0v) is 14.3. The first-order chi connectivity index (χ1) is 12.7. The van der Waals surface area contributed by atoms with Crippen LogP contribution in [0.3, 0.4) is 0 Å². The molecular weight excluding hydrogens is 354 g/mol. The molecule has 10 heteroatoms. The maximum absolute atomic E-state index is 11.9. The fourth-order valence-corrected chi connectivity index (χ4v) is 2.67. The maximum atomic E-state index is 11.9. The van der Waals surface area contributed by atoms with Crippen LogP contribution in [0.4, 0.5) is 10.5 Å². The van der Waals surface area contributed by atoms with Gasteiger partial charge < -0.3 is 5.32 Å². The van der Waals surface area contributed by atoms with Crippen molar-refractivity contribution in [2.45, 2.75) is 5.16 Å². The highest BCUT2D eigenvalue weighted by Gasteiger charge is 2.12. The number of anilines is 1. The first kappa shape index (κ1) is 17.4. The average Bonchev–Trinajstić information content (AvgIpc) is 3.15. The number of rotatable bonds is 5. The fourth-order valence-electron chi connectivity index (χ4n) is 1.98. The predicted octanol–water partition coefficient (Wildman–Crippen LogP) is 1.61. The van der Waals surface area contributed by atoms with Crippen LogP contribution in [-0.2, 0) is 4.79 Å². The van der Waals surface area contributed by atoms with Gasteiger partial charge in [0.1, 0.15) is 0 Å². The zero-order valence-electron chi connectivity index (χ0n) is 13.5. The lowest BCUT2D eigenvalue weighted by molar-refractivity contribution is -0.119. The quantitative estimate of drug-likeness (QED) is 0.465. The minimum Gasteiger partial charge on any atom is -0.307 e. The third kappa shape index (κ3) is 4.80. The summed E-state index contributed by atoms with van der Waals surface area (Å²) in [6.45, 7) is 0. The molecule has 3 aromatic rings. The normalized spacial score (nSPS) is 10.2. The Bertz CT molecular complexity index is 871. The Morgan fingerprint density at radius 3 is 2.38 bits per heavy atom. The van der Waals surface area contributed by atoms with Gasteiger partial charge in [-0.25, -0.2) is 10.2 Å². The van der Waals surface area contributed by atoms with Gasteiger partial charge in [0.05, 0.1) is 11.4 Å². The van der Waals surface area contributed by atoms with E-state index in [0.29, 0.717) is 10.8 Å². The molecule has 0 unspecified atom stereocenters. The highest BCUT2D eigenvalue weighted by molar-refractivity contribution is 7.99. The molecule has 0 saturated carbocycles. The molecule has 0 radical (unpaired) electrons. The van der Waals surface area contributed by atoms with Crippen LogP contribution in [0.25, 0.3) is 5.69 Å². The van der Waals surface area contributed by atoms with Gasteiger partial charge in [-0.3, -0.25) is 10.2 Å². The van der Waals surface area contributed by atoms with Crippen LogP contribution < -0.4 is 16.2 Å². The third-order valence-corrected chi connectivity index (χ3v) is 4.04. The number of para-hydroxylation sites is 2. The van der Waals surface area contributed by atoms with Crippen molar-refractivity contribution < 1.29 is 9.59 Å². The smallest absolute Gasteiger partial charge is 0.307 e. The van der Waals surface area contributed by atoms with Gasteiger partial charge in [0.15, 0.2) is 0 Å². The number of carbonyl (C=O) groups excluding carboxylic acids is 2. The topological polar surface area (TPSA) is 114 Å². The minimum atomic E-state index is -0.538. The van der Waals surface area contributed by atoms with Gasteiger partial charge in [-0.15, -0.1) is 5.10 Å². The number of hydrogen-bond acceptors (Lipinski definition) is 6. The van der Waals surface area contributed by atoms with Crippen LogP contribution in [0.2, 0.25) is 0 Å². The number of hydrazine groups is 1. The molecule has 0 saturated heterocycles. The number of urea groups is 1. The number of tetrazole rings is 1. The molecule has 0 aliphatic carbocycles. The van der Waals surface area contributed by atoms with Gasteiger partial charge in [0, 0.05) is 5.69 Å². The van der Waals surface area contributed by atoms with E-state index in [1.165, 1.54) is 4.68 Å². The van der Waals surface area contributed by atoms with Crippen LogP contribution in [0.1, 0.15) is 0 Å². The molecule has 2 aromatic carbocycles. The first-order valence-electron chi connectivity index (χ1n) is 7.60. The Labute approximate surface area is 153 Å². The van der Waals surface area contributed by atoms with E-state index >= 15 is 0 Å². The average molecular weight is 369 g/mol. The molecule has 26 heavy (non-hydrogen) atoms. The summed E-state index contributed by atoms with van der Waals surface area (Å²) in [4.78, 5) is 23.6. The standard InChI is InChI=1S/C16H15N7O2S/c24-14(18-19-15(25)17-12-7-3-1-4-8-12)11-26-16-20-21-22-23(16)13-9-5-2-6-10-13/h1-10H,11H2,(H,18,24)(H2,17,19,25). The van der Waals surface area contributed by atoms with E-state index < -0.39 is 6.03 Å². The van der Waals surface area contributed by atoms with E-state index in [2.05, 4.69) is 31.7 Å². The van der Waals surface area contributed by atoms with Crippen molar-refractivity contribution in [3.8, 4) is 5.69 Å². The van der Waals surface area contributed by atoms with Gasteiger partial charge >= 0.3 is 6.03 Å². The summed E-state index contributed by atoms with van der Waals surface area (Å²) in [5, 5.41) is 14.5. The molecular formula is C16H15N7O2S. The second kappa shape index (κ2) is 8.62. The van der Waals surface area contributed by atoms with Gasteiger partial charge in [-0.05, 0) is 34.7 Å². The number of aromatic nitrogens is 4. The summed E-state index contributed by atoms with van der Waals surface area (Å²) >= 11 is 1.16. The molecule has 0 aliphatic heterocycles. The van der Waals surface area contributed by atoms with Crippen LogP contribution in [-0.4, -0.2) is 37.9 Å². The van der Waals surface area contributed by atoms with Crippen molar-refractivity contribution in [2.75, 3.05) is 11.1 Å². The number of hydrogen-bond donors (Lipinski definition) is 3. The van der Waals surface area contributed by atoms with Crippen LogP contribution >= 0.6 is 11.8 Å². The SMILES string of the molecule is O=C(CSc1nnnn1-c1ccccc1)NNC(=O)Nc1ccccc1. The number of benzene rings is 2. The number of thioether (sulfide) groups is 1. The molecule has 1 heterocycles. The Morgan fingerprint density at radius 1 is 0.962 bits per heavy atom. The van der Waals surface area contributed by atoms with Gasteiger partial charge in [0.2, 0.25) is 11.1 Å². The Morgan fingerprint density at radius 2 is 1.65 bits per heavy atom. The number of nitrogens with zero attached hydrogens (tertiary/aromatic N) is 4. The van der Waals surface area contributed by atoms with E-state index in [1.807, 2.05) is 36.4 Å². The fraction of sp³-hybridized carbons (Fsp3) is 0.0625. The second-order valence-electron chi connectivity index (χ2n) is 4.99. The predicted molar refractivity (Wildman–Crippen MR) is 96.6 cm³/mol. The molecule has 0 spiro atoms. The molecule has 0 aliphatic rings. The van der Waals surface area contributed by atoms with Gasteiger partial charge in [-0.1, -0.05) is 48.2 Å². The van der Waals surface area contributed by atoms with E-state index in [9.17, 15) is 9.59 Å². The maximum Gasteiger partial charge on any atom is 0.337 e. The molecule has 3 N–H and O–H groups in total. The number of carbonyl (C=O) groups is 2.